The molecule has 4 rings (SSSR count). The van der Waals surface area contributed by atoms with Crippen molar-refractivity contribution in [3.05, 3.63) is 77.6 Å². The molecule has 0 fully saturated rings. The number of likely N-dealkylation sites (N-methyl/N-ethyl adjacent to an activating group) is 1. The van der Waals surface area contributed by atoms with Crippen molar-refractivity contribution in [2.45, 2.75) is 43.0 Å². The number of rotatable bonds is 9. The molecule has 2 atom stereocenters. The van der Waals surface area contributed by atoms with E-state index in [0.29, 0.717) is 6.54 Å². The van der Waals surface area contributed by atoms with Crippen LogP contribution in [0, 0.1) is 0 Å². The highest BCUT2D eigenvalue weighted by Gasteiger charge is 2.28. The molecule has 1 aliphatic rings. The number of benzene rings is 2. The van der Waals surface area contributed by atoms with E-state index in [2.05, 4.69) is 41.5 Å². The Bertz CT molecular complexity index is 1180. The number of fused-ring (bicyclic) bond motifs is 1. The van der Waals surface area contributed by atoms with Crippen LogP contribution < -0.4 is 10.5 Å². The Morgan fingerprint density at radius 3 is 2.65 bits per heavy atom. The van der Waals surface area contributed by atoms with Gasteiger partial charge >= 0.3 is 0 Å². The summed E-state index contributed by atoms with van der Waals surface area (Å²) in [6, 6.07) is 16.7. The third-order valence-electron chi connectivity index (χ3n) is 6.36. The van der Waals surface area contributed by atoms with E-state index < -0.39 is 10.0 Å². The van der Waals surface area contributed by atoms with Crippen LogP contribution in [-0.4, -0.2) is 48.2 Å². The summed E-state index contributed by atoms with van der Waals surface area (Å²) in [5.41, 5.74) is 10.4. The van der Waals surface area contributed by atoms with Crippen molar-refractivity contribution >= 4 is 22.4 Å². The number of hydrogen-bond acceptors (Lipinski definition) is 5. The number of nitrogens with two attached hydrogens (primary N) is 1. The van der Waals surface area contributed by atoms with Crippen LogP contribution >= 0.6 is 12.4 Å². The van der Waals surface area contributed by atoms with E-state index in [1.807, 2.05) is 19.1 Å². The van der Waals surface area contributed by atoms with E-state index >= 15 is 0 Å². The lowest BCUT2D eigenvalue weighted by atomic mass is 9.76. The smallest absolute Gasteiger partial charge is 0.246 e. The molecule has 0 spiro atoms. The van der Waals surface area contributed by atoms with Crippen LogP contribution in [-0.2, 0) is 29.9 Å². The van der Waals surface area contributed by atoms with Gasteiger partial charge in [-0.3, -0.25) is 4.68 Å². The second-order valence-electron chi connectivity index (χ2n) is 8.55. The Kier molecular flexibility index (Phi) is 8.76. The van der Waals surface area contributed by atoms with Gasteiger partial charge in [0.1, 0.15) is 17.3 Å². The third-order valence-corrected chi connectivity index (χ3v) is 8.29. The van der Waals surface area contributed by atoms with Crippen molar-refractivity contribution in [3.8, 4) is 5.75 Å². The zero-order chi connectivity index (χ0) is 23.4. The van der Waals surface area contributed by atoms with Crippen molar-refractivity contribution in [1.29, 1.82) is 0 Å². The Balaban J connectivity index is 0.00000324. The number of halogens is 1. The summed E-state index contributed by atoms with van der Waals surface area (Å²) in [4.78, 5) is 0.193. The van der Waals surface area contributed by atoms with Crippen LogP contribution in [0.3, 0.4) is 0 Å². The fourth-order valence-corrected chi connectivity index (χ4v) is 5.93. The molecule has 1 aliphatic carbocycles. The lowest BCUT2D eigenvalue weighted by molar-refractivity contribution is 0.275. The van der Waals surface area contributed by atoms with Crippen LogP contribution in [0.5, 0.6) is 5.75 Å². The van der Waals surface area contributed by atoms with E-state index in [1.165, 1.54) is 38.1 Å². The summed E-state index contributed by atoms with van der Waals surface area (Å²) in [5.74, 6) is 0.980. The van der Waals surface area contributed by atoms with Gasteiger partial charge in [-0.25, -0.2) is 8.42 Å². The highest BCUT2D eigenvalue weighted by atomic mass is 35.5. The van der Waals surface area contributed by atoms with Crippen molar-refractivity contribution in [2.75, 3.05) is 19.7 Å². The van der Waals surface area contributed by atoms with E-state index in [1.54, 1.807) is 7.05 Å². The van der Waals surface area contributed by atoms with Gasteiger partial charge in [-0.1, -0.05) is 43.3 Å². The molecular formula is C25H33ClN4O3S. The molecule has 0 bridgehead atoms. The highest BCUT2D eigenvalue weighted by molar-refractivity contribution is 7.89. The second kappa shape index (κ2) is 11.4. The van der Waals surface area contributed by atoms with Crippen molar-refractivity contribution in [2.24, 2.45) is 12.8 Å². The SMILES string of the molecule is CCN(CCOc1ccc2c(c1)C(Cc1ccccc1)C(N)CC2)S(=O)(=O)c1cnn(C)c1.Cl. The van der Waals surface area contributed by atoms with E-state index in [0.717, 1.165) is 25.0 Å². The van der Waals surface area contributed by atoms with Crippen LogP contribution in [0.25, 0.3) is 0 Å². The quantitative estimate of drug-likeness (QED) is 0.481. The molecule has 0 radical (unpaired) electrons. The molecule has 0 aliphatic heterocycles. The first kappa shape index (κ1) is 26.2. The van der Waals surface area contributed by atoms with Crippen molar-refractivity contribution in [3.63, 3.8) is 0 Å². The molecule has 2 aromatic carbocycles. The van der Waals surface area contributed by atoms with E-state index in [4.69, 9.17) is 10.5 Å². The highest BCUT2D eigenvalue weighted by Crippen LogP contribution is 2.35. The van der Waals surface area contributed by atoms with Crippen LogP contribution in [0.2, 0.25) is 0 Å². The zero-order valence-electron chi connectivity index (χ0n) is 19.6. The minimum absolute atomic E-state index is 0. The van der Waals surface area contributed by atoms with Gasteiger partial charge in [0.2, 0.25) is 10.0 Å². The minimum Gasteiger partial charge on any atom is -0.492 e. The predicted octanol–water partition coefficient (Wildman–Crippen LogP) is 3.53. The number of aryl methyl sites for hydroxylation is 2. The number of hydrogen-bond donors (Lipinski definition) is 1. The van der Waals surface area contributed by atoms with Crippen LogP contribution in [0.4, 0.5) is 0 Å². The fraction of sp³-hybridized carbons (Fsp3) is 0.400. The molecule has 1 heterocycles. The van der Waals surface area contributed by atoms with Gasteiger partial charge in [0.05, 0.1) is 6.20 Å². The molecule has 0 saturated heterocycles. The standard InChI is InChI=1S/C25H32N4O3S.ClH/c1-3-29(33(30,31)22-17-27-28(2)18-22)13-14-32-21-11-9-20-10-12-25(26)24(23(20)16-21)15-19-7-5-4-6-8-19;/h4-9,11,16-18,24-25H,3,10,12-15,26H2,1-2H3;1H. The summed E-state index contributed by atoms with van der Waals surface area (Å²) < 4.78 is 34.6. The first-order valence-corrected chi connectivity index (χ1v) is 12.9. The second-order valence-corrected chi connectivity index (χ2v) is 10.5. The van der Waals surface area contributed by atoms with E-state index in [-0.39, 0.29) is 42.4 Å². The van der Waals surface area contributed by atoms with Gasteiger partial charge in [-0.2, -0.15) is 9.40 Å². The maximum atomic E-state index is 12.9. The van der Waals surface area contributed by atoms with Gasteiger partial charge in [0.15, 0.2) is 0 Å². The predicted molar refractivity (Wildman–Crippen MR) is 136 cm³/mol. The van der Waals surface area contributed by atoms with Gasteiger partial charge in [0.25, 0.3) is 0 Å². The van der Waals surface area contributed by atoms with Crippen molar-refractivity contribution in [1.82, 2.24) is 14.1 Å². The van der Waals surface area contributed by atoms with Crippen LogP contribution in [0.15, 0.2) is 65.8 Å². The Morgan fingerprint density at radius 2 is 1.97 bits per heavy atom. The molecule has 7 nitrogen and oxygen atoms in total. The molecule has 2 unspecified atom stereocenters. The third kappa shape index (κ3) is 5.81. The summed E-state index contributed by atoms with van der Waals surface area (Å²) in [5, 5.41) is 3.98. The summed E-state index contributed by atoms with van der Waals surface area (Å²) in [7, 11) is -1.90. The largest absolute Gasteiger partial charge is 0.492 e. The molecule has 1 aromatic heterocycles. The van der Waals surface area contributed by atoms with Crippen LogP contribution in [0.1, 0.15) is 36.0 Å². The monoisotopic (exact) mass is 504 g/mol. The average molecular weight is 505 g/mol. The first-order valence-electron chi connectivity index (χ1n) is 11.4. The normalized spacial score (nSPS) is 17.8. The first-order chi connectivity index (χ1) is 15.9. The van der Waals surface area contributed by atoms with Crippen molar-refractivity contribution < 1.29 is 13.2 Å². The maximum Gasteiger partial charge on any atom is 0.246 e. The fourth-order valence-electron chi connectivity index (χ4n) is 4.51. The molecule has 3 aromatic rings. The lowest BCUT2D eigenvalue weighted by Crippen LogP contribution is -2.35. The molecule has 0 saturated carbocycles. The van der Waals surface area contributed by atoms with E-state index in [9.17, 15) is 8.42 Å². The number of nitrogens with zero attached hydrogens (tertiary/aromatic N) is 3. The molecular weight excluding hydrogens is 472 g/mol. The Morgan fingerprint density at radius 1 is 1.21 bits per heavy atom. The van der Waals surface area contributed by atoms with Gasteiger partial charge in [0, 0.05) is 38.3 Å². The maximum absolute atomic E-state index is 12.9. The summed E-state index contributed by atoms with van der Waals surface area (Å²) in [6.45, 7) is 2.71. The Hall–Kier alpha value is -2.39. The molecule has 2 N–H and O–H groups in total. The average Bonchev–Trinajstić information content (AvgIpc) is 3.26. The topological polar surface area (TPSA) is 90.4 Å². The number of ether oxygens (including phenoxy) is 1. The van der Waals surface area contributed by atoms with Gasteiger partial charge in [-0.05, 0) is 48.1 Å². The van der Waals surface area contributed by atoms with Gasteiger partial charge in [-0.15, -0.1) is 12.4 Å². The number of aromatic nitrogens is 2. The molecule has 34 heavy (non-hydrogen) atoms. The molecule has 184 valence electrons. The minimum atomic E-state index is -3.60. The molecule has 9 heteroatoms. The zero-order valence-corrected chi connectivity index (χ0v) is 21.3. The lowest BCUT2D eigenvalue weighted by Gasteiger charge is -2.32. The van der Waals surface area contributed by atoms with Gasteiger partial charge < -0.3 is 10.5 Å². The summed E-state index contributed by atoms with van der Waals surface area (Å²) >= 11 is 0. The summed E-state index contributed by atoms with van der Waals surface area (Å²) in [6.07, 6.45) is 5.72. The Labute approximate surface area is 208 Å². The number of sulfonamides is 1. The molecule has 0 amide bonds.